The zero-order chi connectivity index (χ0) is 22.3. The van der Waals surface area contributed by atoms with E-state index in [0.717, 1.165) is 6.20 Å². The molecule has 8 nitrogen and oxygen atoms in total. The molecule has 0 bridgehead atoms. The molecular formula is C23H19FN6O2. The van der Waals surface area contributed by atoms with Gasteiger partial charge < -0.3 is 20.7 Å². The van der Waals surface area contributed by atoms with Crippen LogP contribution in [0.5, 0.6) is 11.6 Å². The number of amides is 2. The minimum Gasteiger partial charge on any atom is -0.438 e. The highest BCUT2D eigenvalue weighted by molar-refractivity contribution is 5.99. The minimum atomic E-state index is -0.592. The van der Waals surface area contributed by atoms with E-state index >= 15 is 0 Å². The Morgan fingerprint density at radius 3 is 2.34 bits per heavy atom. The number of urea groups is 1. The van der Waals surface area contributed by atoms with Crippen molar-refractivity contribution in [3.63, 3.8) is 0 Å². The van der Waals surface area contributed by atoms with Crippen LogP contribution >= 0.6 is 0 Å². The molecular weight excluding hydrogens is 411 g/mol. The van der Waals surface area contributed by atoms with Crippen LogP contribution in [0.15, 0.2) is 79.1 Å². The minimum absolute atomic E-state index is 0.0725. The fourth-order valence-corrected chi connectivity index (χ4v) is 2.86. The van der Waals surface area contributed by atoms with Crippen LogP contribution in [0.25, 0.3) is 11.3 Å². The van der Waals surface area contributed by atoms with Gasteiger partial charge in [0.05, 0.1) is 11.8 Å². The van der Waals surface area contributed by atoms with Gasteiger partial charge in [0.1, 0.15) is 11.4 Å². The molecule has 0 fully saturated rings. The lowest BCUT2D eigenvalue weighted by molar-refractivity contribution is 0.262. The summed E-state index contributed by atoms with van der Waals surface area (Å²) in [5, 5.41) is 8.27. The normalized spacial score (nSPS) is 10.3. The molecule has 0 aliphatic heterocycles. The first kappa shape index (κ1) is 20.7. The van der Waals surface area contributed by atoms with Crippen molar-refractivity contribution in [2.45, 2.75) is 0 Å². The number of para-hydroxylation sites is 1. The highest BCUT2D eigenvalue weighted by Gasteiger charge is 2.16. The van der Waals surface area contributed by atoms with E-state index in [4.69, 9.17) is 4.74 Å². The van der Waals surface area contributed by atoms with E-state index in [1.165, 1.54) is 0 Å². The number of ether oxygens (including phenoxy) is 1. The molecule has 160 valence electrons. The molecule has 2 heterocycles. The van der Waals surface area contributed by atoms with E-state index in [1.54, 1.807) is 61.8 Å². The number of aromatic nitrogens is 3. The zero-order valence-electron chi connectivity index (χ0n) is 17.0. The Labute approximate surface area is 183 Å². The topological polar surface area (TPSA) is 101 Å². The first-order valence-electron chi connectivity index (χ1n) is 9.69. The molecule has 9 heteroatoms. The summed E-state index contributed by atoms with van der Waals surface area (Å²) in [4.78, 5) is 24.4. The highest BCUT2D eigenvalue weighted by atomic mass is 19.1. The second-order valence-corrected chi connectivity index (χ2v) is 6.57. The molecule has 4 aromatic rings. The Kier molecular flexibility index (Phi) is 6.17. The van der Waals surface area contributed by atoms with E-state index in [1.807, 2.05) is 18.2 Å². The predicted molar refractivity (Wildman–Crippen MR) is 120 cm³/mol. The number of benzene rings is 2. The van der Waals surface area contributed by atoms with Crippen molar-refractivity contribution in [2.24, 2.45) is 0 Å². The van der Waals surface area contributed by atoms with Crippen LogP contribution in [0.4, 0.5) is 26.5 Å². The zero-order valence-corrected chi connectivity index (χ0v) is 17.0. The third-order valence-electron chi connectivity index (χ3n) is 4.35. The Morgan fingerprint density at radius 1 is 0.906 bits per heavy atom. The summed E-state index contributed by atoms with van der Waals surface area (Å²) < 4.78 is 20.2. The number of rotatable bonds is 6. The summed E-state index contributed by atoms with van der Waals surface area (Å²) in [6.07, 6.45) is 2.63. The van der Waals surface area contributed by atoms with Crippen LogP contribution in [0.3, 0.4) is 0 Å². The summed E-state index contributed by atoms with van der Waals surface area (Å²) >= 11 is 0. The number of carbonyl (C=O) groups excluding carboxylic acids is 1. The van der Waals surface area contributed by atoms with E-state index in [2.05, 4.69) is 30.9 Å². The Hall–Kier alpha value is -4.53. The van der Waals surface area contributed by atoms with Gasteiger partial charge in [-0.3, -0.25) is 0 Å². The summed E-state index contributed by atoms with van der Waals surface area (Å²) in [6, 6.07) is 18.8. The summed E-state index contributed by atoms with van der Waals surface area (Å²) in [7, 11) is 1.65. The molecule has 2 aromatic carbocycles. The van der Waals surface area contributed by atoms with Crippen molar-refractivity contribution >= 4 is 23.4 Å². The highest BCUT2D eigenvalue weighted by Crippen LogP contribution is 2.32. The quantitative estimate of drug-likeness (QED) is 0.391. The van der Waals surface area contributed by atoms with Crippen molar-refractivity contribution in [1.29, 1.82) is 0 Å². The lowest BCUT2D eigenvalue weighted by Gasteiger charge is -2.12. The lowest BCUT2D eigenvalue weighted by atomic mass is 10.2. The Bertz CT molecular complexity index is 1220. The number of nitrogens with one attached hydrogen (secondary N) is 3. The van der Waals surface area contributed by atoms with Gasteiger partial charge in [0.15, 0.2) is 5.82 Å². The number of anilines is 3. The molecule has 0 atom stereocenters. The molecule has 4 rings (SSSR count). The van der Waals surface area contributed by atoms with Crippen LogP contribution in [0, 0.1) is 5.82 Å². The van der Waals surface area contributed by atoms with Crippen molar-refractivity contribution in [3.05, 3.63) is 84.9 Å². The molecule has 0 spiro atoms. The average Bonchev–Trinajstić information content (AvgIpc) is 2.82. The number of hydrogen-bond acceptors (Lipinski definition) is 6. The van der Waals surface area contributed by atoms with Crippen LogP contribution in [0.2, 0.25) is 0 Å². The number of pyridine rings is 1. The second-order valence-electron chi connectivity index (χ2n) is 6.57. The van der Waals surface area contributed by atoms with Gasteiger partial charge in [-0.25, -0.2) is 24.1 Å². The van der Waals surface area contributed by atoms with Gasteiger partial charge in [-0.1, -0.05) is 18.2 Å². The molecule has 0 saturated heterocycles. The number of hydrogen-bond donors (Lipinski definition) is 3. The SMILES string of the molecule is CNc1ncc(F)c(-c2cccnc2Oc2ccc(NC(=O)Nc3ccccc3)cc2)n1. The third kappa shape index (κ3) is 4.96. The van der Waals surface area contributed by atoms with Crippen molar-refractivity contribution < 1.29 is 13.9 Å². The first-order chi connectivity index (χ1) is 15.6. The van der Waals surface area contributed by atoms with E-state index in [9.17, 15) is 9.18 Å². The Balaban J connectivity index is 1.48. The number of halogens is 1. The average molecular weight is 430 g/mol. The molecule has 32 heavy (non-hydrogen) atoms. The van der Waals surface area contributed by atoms with Gasteiger partial charge in [0.2, 0.25) is 11.8 Å². The van der Waals surface area contributed by atoms with Crippen molar-refractivity contribution in [1.82, 2.24) is 15.0 Å². The summed E-state index contributed by atoms with van der Waals surface area (Å²) in [5.41, 5.74) is 1.72. The third-order valence-corrected chi connectivity index (χ3v) is 4.35. The summed E-state index contributed by atoms with van der Waals surface area (Å²) in [6.45, 7) is 0. The second kappa shape index (κ2) is 9.52. The first-order valence-corrected chi connectivity index (χ1v) is 9.69. The Morgan fingerprint density at radius 2 is 1.62 bits per heavy atom. The van der Waals surface area contributed by atoms with Gasteiger partial charge >= 0.3 is 6.03 Å². The van der Waals surface area contributed by atoms with E-state index in [0.29, 0.717) is 22.7 Å². The van der Waals surface area contributed by atoms with Gasteiger partial charge in [-0.2, -0.15) is 0 Å². The molecule has 0 aliphatic carbocycles. The van der Waals surface area contributed by atoms with Crippen LogP contribution < -0.4 is 20.7 Å². The monoisotopic (exact) mass is 430 g/mol. The van der Waals surface area contributed by atoms with Crippen LogP contribution in [0.1, 0.15) is 0 Å². The number of carbonyl (C=O) groups is 1. The smallest absolute Gasteiger partial charge is 0.323 e. The maximum atomic E-state index is 14.4. The fourth-order valence-electron chi connectivity index (χ4n) is 2.86. The van der Waals surface area contributed by atoms with Crippen molar-refractivity contribution in [2.75, 3.05) is 23.0 Å². The van der Waals surface area contributed by atoms with Crippen LogP contribution in [-0.2, 0) is 0 Å². The maximum absolute atomic E-state index is 14.4. The van der Waals surface area contributed by atoms with Crippen molar-refractivity contribution in [3.8, 4) is 22.9 Å². The lowest BCUT2D eigenvalue weighted by Crippen LogP contribution is -2.19. The molecule has 0 saturated carbocycles. The predicted octanol–water partition coefficient (Wildman–Crippen LogP) is 5.16. The summed E-state index contributed by atoms with van der Waals surface area (Å²) in [5.74, 6) is 0.336. The maximum Gasteiger partial charge on any atom is 0.323 e. The molecule has 0 radical (unpaired) electrons. The van der Waals surface area contributed by atoms with Crippen LogP contribution in [-0.4, -0.2) is 28.0 Å². The fraction of sp³-hybridized carbons (Fsp3) is 0.0435. The molecule has 3 N–H and O–H groups in total. The molecule has 0 unspecified atom stereocenters. The molecule has 0 aliphatic rings. The number of nitrogens with zero attached hydrogens (tertiary/aromatic N) is 3. The standard InChI is InChI=1S/C23H19FN6O2/c1-25-22-27-14-19(24)20(30-22)18-8-5-13-26-21(18)32-17-11-9-16(10-12-17)29-23(31)28-15-6-3-2-4-7-15/h2-14H,1H3,(H,25,27,30)(H2,28,29,31). The van der Waals surface area contributed by atoms with E-state index in [-0.39, 0.29) is 23.6 Å². The van der Waals surface area contributed by atoms with Gasteiger partial charge in [-0.05, 0) is 48.5 Å². The molecule has 2 amide bonds. The van der Waals surface area contributed by atoms with Gasteiger partial charge in [0, 0.05) is 24.6 Å². The van der Waals surface area contributed by atoms with Gasteiger partial charge in [0.25, 0.3) is 0 Å². The molecule has 2 aromatic heterocycles. The largest absolute Gasteiger partial charge is 0.438 e. The van der Waals surface area contributed by atoms with E-state index < -0.39 is 5.82 Å². The van der Waals surface area contributed by atoms with Gasteiger partial charge in [-0.15, -0.1) is 0 Å².